The van der Waals surface area contributed by atoms with Gasteiger partial charge < -0.3 is 5.32 Å². The minimum Gasteiger partial charge on any atom is -0.305 e. The lowest BCUT2D eigenvalue weighted by molar-refractivity contribution is 0.102. The van der Waals surface area contributed by atoms with Gasteiger partial charge in [-0.2, -0.15) is 5.10 Å². The summed E-state index contributed by atoms with van der Waals surface area (Å²) in [6.07, 6.45) is 0. The van der Waals surface area contributed by atoms with Gasteiger partial charge in [-0.25, -0.2) is 4.39 Å². The van der Waals surface area contributed by atoms with Gasteiger partial charge in [0, 0.05) is 10.9 Å². The Bertz CT molecular complexity index is 737. The second-order valence-electron chi connectivity index (χ2n) is 4.08. The molecule has 1 aromatic heterocycles. The van der Waals surface area contributed by atoms with Crippen molar-refractivity contribution in [2.45, 2.75) is 0 Å². The number of rotatable bonds is 2. The third kappa shape index (κ3) is 2.18. The lowest BCUT2D eigenvalue weighted by Crippen LogP contribution is -2.12. The fourth-order valence-corrected chi connectivity index (χ4v) is 1.85. The molecule has 0 unspecified atom stereocenters. The quantitative estimate of drug-likeness (QED) is 0.739. The second kappa shape index (κ2) is 4.53. The molecule has 0 atom stereocenters. The first kappa shape index (κ1) is 11.4. The van der Waals surface area contributed by atoms with Gasteiger partial charge in [-0.3, -0.25) is 9.89 Å². The first-order chi connectivity index (χ1) is 9.24. The summed E-state index contributed by atoms with van der Waals surface area (Å²) in [7, 11) is 0. The molecule has 94 valence electrons. The van der Waals surface area contributed by atoms with Gasteiger partial charge in [0.1, 0.15) is 5.82 Å². The van der Waals surface area contributed by atoms with Crippen LogP contribution in [-0.2, 0) is 0 Å². The minimum atomic E-state index is -0.371. The van der Waals surface area contributed by atoms with Crippen LogP contribution in [0.3, 0.4) is 0 Å². The minimum absolute atomic E-state index is 0.279. The Morgan fingerprint density at radius 2 is 1.95 bits per heavy atom. The number of nitrogens with one attached hydrogen (secondary N) is 2. The van der Waals surface area contributed by atoms with Gasteiger partial charge in [-0.1, -0.05) is 18.2 Å². The number of hydrogen-bond donors (Lipinski definition) is 2. The Morgan fingerprint density at radius 1 is 1.16 bits per heavy atom. The van der Waals surface area contributed by atoms with Crippen LogP contribution in [0.25, 0.3) is 10.9 Å². The lowest BCUT2D eigenvalue weighted by atomic mass is 10.2. The van der Waals surface area contributed by atoms with Gasteiger partial charge in [-0.05, 0) is 30.3 Å². The fourth-order valence-electron chi connectivity index (χ4n) is 1.85. The zero-order valence-corrected chi connectivity index (χ0v) is 9.85. The van der Waals surface area contributed by atoms with Gasteiger partial charge in [0.15, 0.2) is 5.82 Å². The standard InChI is InChI=1S/C14H10FN3O/c15-10-6-7-12-11(8-10)13(18-17-12)16-14(19)9-4-2-1-3-5-9/h1-8H,(H2,16,17,18,19). The highest BCUT2D eigenvalue weighted by atomic mass is 19.1. The van der Waals surface area contributed by atoms with Crippen LogP contribution in [0, 0.1) is 5.82 Å². The van der Waals surface area contributed by atoms with E-state index >= 15 is 0 Å². The highest BCUT2D eigenvalue weighted by Gasteiger charge is 2.11. The number of halogens is 1. The summed E-state index contributed by atoms with van der Waals surface area (Å²) < 4.78 is 13.2. The molecule has 2 N–H and O–H groups in total. The molecule has 19 heavy (non-hydrogen) atoms. The summed E-state index contributed by atoms with van der Waals surface area (Å²) in [6, 6.07) is 13.0. The highest BCUT2D eigenvalue weighted by molar-refractivity contribution is 6.07. The molecule has 0 aliphatic carbocycles. The lowest BCUT2D eigenvalue weighted by Gasteiger charge is -2.02. The Balaban J connectivity index is 1.94. The maximum atomic E-state index is 13.2. The number of carbonyl (C=O) groups excluding carboxylic acids is 1. The first-order valence-electron chi connectivity index (χ1n) is 5.74. The van der Waals surface area contributed by atoms with E-state index in [1.165, 1.54) is 12.1 Å². The molecule has 0 bridgehead atoms. The van der Waals surface area contributed by atoms with Crippen LogP contribution in [0.1, 0.15) is 10.4 Å². The van der Waals surface area contributed by atoms with Crippen molar-refractivity contribution in [1.82, 2.24) is 10.2 Å². The predicted octanol–water partition coefficient (Wildman–Crippen LogP) is 2.95. The summed E-state index contributed by atoms with van der Waals surface area (Å²) in [5.74, 6) is -0.328. The second-order valence-corrected chi connectivity index (χ2v) is 4.08. The van der Waals surface area contributed by atoms with E-state index in [0.29, 0.717) is 22.3 Å². The van der Waals surface area contributed by atoms with Crippen LogP contribution in [0.15, 0.2) is 48.5 Å². The number of carbonyl (C=O) groups is 1. The van der Waals surface area contributed by atoms with Crippen molar-refractivity contribution < 1.29 is 9.18 Å². The van der Waals surface area contributed by atoms with Crippen molar-refractivity contribution in [2.24, 2.45) is 0 Å². The van der Waals surface area contributed by atoms with Crippen molar-refractivity contribution in [3.05, 3.63) is 59.9 Å². The van der Waals surface area contributed by atoms with E-state index in [4.69, 9.17) is 0 Å². The normalized spacial score (nSPS) is 10.6. The largest absolute Gasteiger partial charge is 0.305 e. The van der Waals surface area contributed by atoms with Crippen LogP contribution in [0.4, 0.5) is 10.2 Å². The van der Waals surface area contributed by atoms with E-state index < -0.39 is 0 Å². The van der Waals surface area contributed by atoms with Crippen LogP contribution >= 0.6 is 0 Å². The number of aromatic amines is 1. The molecular formula is C14H10FN3O. The zero-order chi connectivity index (χ0) is 13.2. The van der Waals surface area contributed by atoms with Crippen LogP contribution in [0.5, 0.6) is 0 Å². The van der Waals surface area contributed by atoms with Crippen molar-refractivity contribution in [3.63, 3.8) is 0 Å². The Hall–Kier alpha value is -2.69. The van der Waals surface area contributed by atoms with Gasteiger partial charge in [0.2, 0.25) is 0 Å². The molecule has 3 rings (SSSR count). The molecule has 1 amide bonds. The molecule has 0 aliphatic heterocycles. The number of fused-ring (bicyclic) bond motifs is 1. The summed E-state index contributed by atoms with van der Waals surface area (Å²) in [5, 5.41) is 9.93. The molecule has 1 heterocycles. The SMILES string of the molecule is O=C(Nc1n[nH]c2ccc(F)cc12)c1ccccc1. The maximum absolute atomic E-state index is 13.2. The number of anilines is 1. The van der Waals surface area contributed by atoms with Crippen molar-refractivity contribution >= 4 is 22.6 Å². The van der Waals surface area contributed by atoms with Crippen LogP contribution < -0.4 is 5.32 Å². The van der Waals surface area contributed by atoms with E-state index in [0.717, 1.165) is 0 Å². The average Bonchev–Trinajstić information content (AvgIpc) is 2.82. The first-order valence-corrected chi connectivity index (χ1v) is 5.74. The van der Waals surface area contributed by atoms with Crippen LogP contribution in [0.2, 0.25) is 0 Å². The van der Waals surface area contributed by atoms with Crippen molar-refractivity contribution in [2.75, 3.05) is 5.32 Å². The zero-order valence-electron chi connectivity index (χ0n) is 9.85. The van der Waals surface area contributed by atoms with Gasteiger partial charge in [-0.15, -0.1) is 0 Å². The van der Waals surface area contributed by atoms with Gasteiger partial charge >= 0.3 is 0 Å². The number of benzene rings is 2. The number of hydrogen-bond acceptors (Lipinski definition) is 2. The molecule has 0 spiro atoms. The molecule has 2 aromatic carbocycles. The average molecular weight is 255 g/mol. The van der Waals surface area contributed by atoms with E-state index in [2.05, 4.69) is 15.5 Å². The van der Waals surface area contributed by atoms with Crippen molar-refractivity contribution in [3.8, 4) is 0 Å². The summed E-state index contributed by atoms with van der Waals surface area (Å²) in [5.41, 5.74) is 1.19. The van der Waals surface area contributed by atoms with E-state index in [1.807, 2.05) is 6.07 Å². The molecule has 4 nitrogen and oxygen atoms in total. The Morgan fingerprint density at radius 3 is 2.74 bits per heavy atom. The van der Waals surface area contributed by atoms with Crippen LogP contribution in [-0.4, -0.2) is 16.1 Å². The molecule has 5 heteroatoms. The Kier molecular flexibility index (Phi) is 2.72. The highest BCUT2D eigenvalue weighted by Crippen LogP contribution is 2.21. The van der Waals surface area contributed by atoms with Gasteiger partial charge in [0.25, 0.3) is 5.91 Å². The number of H-pyrrole nitrogens is 1. The summed E-state index contributed by atoms with van der Waals surface area (Å²) in [4.78, 5) is 12.0. The predicted molar refractivity (Wildman–Crippen MR) is 70.4 cm³/mol. The monoisotopic (exact) mass is 255 g/mol. The molecule has 0 saturated carbocycles. The van der Waals surface area contributed by atoms with Crippen molar-refractivity contribution in [1.29, 1.82) is 0 Å². The van der Waals surface area contributed by atoms with E-state index in [9.17, 15) is 9.18 Å². The molecule has 0 saturated heterocycles. The Labute approximate surface area is 108 Å². The summed E-state index contributed by atoms with van der Waals surface area (Å²) in [6.45, 7) is 0. The molecule has 0 radical (unpaired) electrons. The topological polar surface area (TPSA) is 57.8 Å². The molecule has 0 fully saturated rings. The number of aromatic nitrogens is 2. The third-order valence-electron chi connectivity index (χ3n) is 2.79. The van der Waals surface area contributed by atoms with Gasteiger partial charge in [0.05, 0.1) is 5.52 Å². The summed E-state index contributed by atoms with van der Waals surface area (Å²) >= 11 is 0. The molecule has 0 aliphatic rings. The fraction of sp³-hybridized carbons (Fsp3) is 0. The smallest absolute Gasteiger partial charge is 0.256 e. The molecule has 3 aromatic rings. The van der Waals surface area contributed by atoms with E-state index in [-0.39, 0.29) is 11.7 Å². The number of amides is 1. The number of nitrogens with zero attached hydrogens (tertiary/aromatic N) is 1. The van der Waals surface area contributed by atoms with E-state index in [1.54, 1.807) is 30.3 Å². The maximum Gasteiger partial charge on any atom is 0.256 e. The molecular weight excluding hydrogens is 245 g/mol. The third-order valence-corrected chi connectivity index (χ3v) is 2.79.